The molecule has 0 aliphatic rings. The van der Waals surface area contributed by atoms with Crippen molar-refractivity contribution < 1.29 is 0 Å². The molecule has 0 aliphatic carbocycles. The lowest BCUT2D eigenvalue weighted by Crippen LogP contribution is -2.04. The second kappa shape index (κ2) is 3.00. The molecular formula is C6H11N3P2. The normalized spacial score (nSPS) is 11.5. The van der Waals surface area contributed by atoms with E-state index >= 15 is 0 Å². The van der Waals surface area contributed by atoms with Gasteiger partial charge in [-0.25, -0.2) is 9.97 Å². The van der Waals surface area contributed by atoms with Crippen LogP contribution in [0.3, 0.4) is 0 Å². The number of aromatic nitrogens is 2. The first-order chi connectivity index (χ1) is 5.00. The van der Waals surface area contributed by atoms with Crippen LogP contribution in [0, 0.1) is 0 Å². The van der Waals surface area contributed by atoms with Crippen LogP contribution in [0.5, 0.6) is 0 Å². The van der Waals surface area contributed by atoms with Crippen LogP contribution in [0.1, 0.15) is 12.5 Å². The average molecular weight is 187 g/mol. The van der Waals surface area contributed by atoms with Gasteiger partial charge in [-0.2, -0.15) is 0 Å². The van der Waals surface area contributed by atoms with Gasteiger partial charge in [0.2, 0.25) is 5.95 Å². The smallest absolute Gasteiger partial charge is 0.219 e. The molecule has 2 atom stereocenters. The Morgan fingerprint density at radius 1 is 1.36 bits per heavy atom. The largest absolute Gasteiger partial charge is 0.368 e. The monoisotopic (exact) mass is 187 g/mol. The van der Waals surface area contributed by atoms with E-state index in [9.17, 15) is 0 Å². The Labute approximate surface area is 70.6 Å². The fourth-order valence-electron chi connectivity index (χ4n) is 0.616. The van der Waals surface area contributed by atoms with Gasteiger partial charge < -0.3 is 5.73 Å². The van der Waals surface area contributed by atoms with Crippen LogP contribution in [-0.2, 0) is 4.90 Å². The third-order valence-electron chi connectivity index (χ3n) is 1.29. The minimum atomic E-state index is -0.0618. The molecule has 5 heteroatoms. The lowest BCUT2D eigenvalue weighted by Gasteiger charge is -2.16. The second-order valence-electron chi connectivity index (χ2n) is 2.61. The molecule has 0 spiro atoms. The molecule has 60 valence electrons. The molecule has 1 aromatic heterocycles. The summed E-state index contributed by atoms with van der Waals surface area (Å²) in [5.74, 6) is 0.313. The Bertz CT molecular complexity index is 239. The minimum Gasteiger partial charge on any atom is -0.368 e. The quantitative estimate of drug-likeness (QED) is 0.667. The average Bonchev–Trinajstić information content (AvgIpc) is 1.86. The summed E-state index contributed by atoms with van der Waals surface area (Å²) in [5, 5.41) is 0. The van der Waals surface area contributed by atoms with Gasteiger partial charge >= 0.3 is 0 Å². The van der Waals surface area contributed by atoms with Crippen molar-refractivity contribution in [1.82, 2.24) is 9.97 Å². The van der Waals surface area contributed by atoms with Gasteiger partial charge in [0.15, 0.2) is 0 Å². The SMILES string of the molecule is CC(P)(P)c1cnc(N)nc1. The molecule has 1 aromatic rings. The van der Waals surface area contributed by atoms with Crippen molar-refractivity contribution in [3.63, 3.8) is 0 Å². The van der Waals surface area contributed by atoms with Gasteiger partial charge in [-0.15, -0.1) is 18.5 Å². The van der Waals surface area contributed by atoms with Crippen molar-refractivity contribution in [1.29, 1.82) is 0 Å². The van der Waals surface area contributed by atoms with Crippen LogP contribution in [0.2, 0.25) is 0 Å². The van der Waals surface area contributed by atoms with E-state index in [2.05, 4.69) is 28.4 Å². The molecule has 2 unspecified atom stereocenters. The van der Waals surface area contributed by atoms with Gasteiger partial charge in [0.1, 0.15) is 0 Å². The predicted octanol–water partition coefficient (Wildman–Crippen LogP) is 0.982. The number of hydrogen-bond acceptors (Lipinski definition) is 3. The van der Waals surface area contributed by atoms with Gasteiger partial charge in [0, 0.05) is 22.9 Å². The van der Waals surface area contributed by atoms with Crippen LogP contribution in [-0.4, -0.2) is 9.97 Å². The maximum absolute atomic E-state index is 5.33. The molecule has 0 saturated heterocycles. The maximum Gasteiger partial charge on any atom is 0.219 e. The molecule has 0 aromatic carbocycles. The highest BCUT2D eigenvalue weighted by Crippen LogP contribution is 2.36. The van der Waals surface area contributed by atoms with Crippen molar-refractivity contribution >= 4 is 24.4 Å². The summed E-state index contributed by atoms with van der Waals surface area (Å²) in [4.78, 5) is 7.71. The van der Waals surface area contributed by atoms with Crippen molar-refractivity contribution in [3.8, 4) is 0 Å². The van der Waals surface area contributed by atoms with Gasteiger partial charge in [-0.1, -0.05) is 0 Å². The zero-order valence-electron chi connectivity index (χ0n) is 6.28. The Hall–Kier alpha value is -0.260. The molecule has 0 saturated carbocycles. The molecular weight excluding hydrogens is 176 g/mol. The Kier molecular flexibility index (Phi) is 2.41. The standard InChI is InChI=1S/C6H11N3P2/c1-6(10,11)4-2-8-5(7)9-3-4/h2-3H,10-11H2,1H3,(H2,7,8,9). The van der Waals surface area contributed by atoms with Crippen molar-refractivity contribution in [3.05, 3.63) is 18.0 Å². The van der Waals surface area contributed by atoms with Crippen LogP contribution in [0.15, 0.2) is 12.4 Å². The first-order valence-electron chi connectivity index (χ1n) is 3.16. The van der Waals surface area contributed by atoms with E-state index in [1.165, 1.54) is 0 Å². The van der Waals surface area contributed by atoms with E-state index in [0.717, 1.165) is 5.56 Å². The molecule has 0 radical (unpaired) electrons. The Morgan fingerprint density at radius 3 is 2.18 bits per heavy atom. The molecule has 0 aliphatic heterocycles. The molecule has 0 amide bonds. The fourth-order valence-corrected chi connectivity index (χ4v) is 0.914. The third kappa shape index (κ3) is 2.36. The van der Waals surface area contributed by atoms with Crippen LogP contribution in [0.4, 0.5) is 5.95 Å². The van der Waals surface area contributed by atoms with E-state index in [4.69, 9.17) is 5.73 Å². The summed E-state index contributed by atoms with van der Waals surface area (Å²) in [7, 11) is 5.38. The highest BCUT2D eigenvalue weighted by atomic mass is 31.1. The van der Waals surface area contributed by atoms with E-state index in [1.54, 1.807) is 12.4 Å². The lowest BCUT2D eigenvalue weighted by molar-refractivity contribution is 0.970. The zero-order valence-corrected chi connectivity index (χ0v) is 8.59. The number of hydrogen-bond donors (Lipinski definition) is 1. The molecule has 1 rings (SSSR count). The number of nitrogen functional groups attached to an aromatic ring is 1. The highest BCUT2D eigenvalue weighted by Gasteiger charge is 2.14. The Balaban J connectivity index is 2.99. The predicted molar refractivity (Wildman–Crippen MR) is 53.2 cm³/mol. The molecule has 11 heavy (non-hydrogen) atoms. The summed E-state index contributed by atoms with van der Waals surface area (Å²) in [6.45, 7) is 2.04. The first kappa shape index (κ1) is 8.83. The van der Waals surface area contributed by atoms with Gasteiger partial charge in [-0.3, -0.25) is 0 Å². The zero-order chi connectivity index (χ0) is 8.48. The molecule has 0 bridgehead atoms. The second-order valence-corrected chi connectivity index (χ2v) is 5.68. The van der Waals surface area contributed by atoms with Crippen molar-refractivity contribution in [2.45, 2.75) is 11.8 Å². The molecule has 3 nitrogen and oxygen atoms in total. The summed E-state index contributed by atoms with van der Waals surface area (Å²) < 4.78 is 0. The van der Waals surface area contributed by atoms with Crippen molar-refractivity contribution in [2.75, 3.05) is 5.73 Å². The molecule has 1 heterocycles. The van der Waals surface area contributed by atoms with E-state index in [-0.39, 0.29) is 4.90 Å². The summed E-state index contributed by atoms with van der Waals surface area (Å²) in [6.07, 6.45) is 3.45. The number of nitrogens with two attached hydrogens (primary N) is 1. The maximum atomic E-state index is 5.33. The van der Waals surface area contributed by atoms with Gasteiger partial charge in [0.25, 0.3) is 0 Å². The Morgan fingerprint density at radius 2 is 1.82 bits per heavy atom. The number of nitrogens with zero attached hydrogens (tertiary/aromatic N) is 2. The molecule has 0 fully saturated rings. The summed E-state index contributed by atoms with van der Waals surface area (Å²) in [5.41, 5.74) is 6.36. The molecule has 2 N–H and O–H groups in total. The lowest BCUT2D eigenvalue weighted by atomic mass is 10.2. The van der Waals surface area contributed by atoms with Crippen LogP contribution < -0.4 is 5.73 Å². The summed E-state index contributed by atoms with van der Waals surface area (Å²) in [6, 6.07) is 0. The highest BCUT2D eigenvalue weighted by molar-refractivity contribution is 7.38. The first-order valence-corrected chi connectivity index (χ1v) is 4.31. The van der Waals surface area contributed by atoms with Gasteiger partial charge in [-0.05, 0) is 6.92 Å². The van der Waals surface area contributed by atoms with Crippen LogP contribution >= 0.6 is 18.5 Å². The van der Waals surface area contributed by atoms with Gasteiger partial charge in [0.05, 0.1) is 0 Å². The third-order valence-corrected chi connectivity index (χ3v) is 1.96. The number of anilines is 1. The summed E-state index contributed by atoms with van der Waals surface area (Å²) >= 11 is 0. The van der Waals surface area contributed by atoms with E-state index in [0.29, 0.717) is 5.95 Å². The van der Waals surface area contributed by atoms with E-state index < -0.39 is 0 Å². The van der Waals surface area contributed by atoms with Crippen molar-refractivity contribution in [2.24, 2.45) is 0 Å². The number of rotatable bonds is 1. The van der Waals surface area contributed by atoms with Crippen LogP contribution in [0.25, 0.3) is 0 Å². The minimum absolute atomic E-state index is 0.0618. The van der Waals surface area contributed by atoms with E-state index in [1.807, 2.05) is 6.92 Å². The topological polar surface area (TPSA) is 51.8 Å². The fraction of sp³-hybridized carbons (Fsp3) is 0.333.